The molecule has 0 atom stereocenters. The van der Waals surface area contributed by atoms with Crippen molar-refractivity contribution in [1.82, 2.24) is 4.98 Å². The third-order valence-electron chi connectivity index (χ3n) is 3.50. The molecule has 4 heteroatoms. The third kappa shape index (κ3) is 2.52. The predicted molar refractivity (Wildman–Crippen MR) is 82.0 cm³/mol. The zero-order valence-corrected chi connectivity index (χ0v) is 11.6. The van der Waals surface area contributed by atoms with Gasteiger partial charge in [0.15, 0.2) is 0 Å². The number of H-pyrrole nitrogens is 1. The lowest BCUT2D eigenvalue weighted by atomic mass is 10.1. The van der Waals surface area contributed by atoms with Crippen LogP contribution in [0.5, 0.6) is 0 Å². The largest absolute Gasteiger partial charge is 0.361 e. The summed E-state index contributed by atoms with van der Waals surface area (Å²) in [4.78, 5) is 17.4. The average Bonchev–Trinajstić information content (AvgIpc) is 2.97. The quantitative estimate of drug-likeness (QED) is 0.775. The molecule has 106 valence electrons. The first-order valence-electron chi connectivity index (χ1n) is 6.83. The Kier molecular flexibility index (Phi) is 3.44. The minimum atomic E-state index is -0.309. The smallest absolute Gasteiger partial charge is 0.258 e. The summed E-state index contributed by atoms with van der Waals surface area (Å²) in [6.07, 6.45) is 1.84. The molecule has 1 aromatic heterocycles. The number of amides is 1. The number of fused-ring (bicyclic) bond motifs is 1. The Morgan fingerprint density at radius 1 is 1.14 bits per heavy atom. The van der Waals surface area contributed by atoms with E-state index in [-0.39, 0.29) is 11.7 Å². The zero-order valence-electron chi connectivity index (χ0n) is 11.6. The second-order valence-electron chi connectivity index (χ2n) is 4.81. The summed E-state index contributed by atoms with van der Waals surface area (Å²) >= 11 is 0. The van der Waals surface area contributed by atoms with Gasteiger partial charge in [0, 0.05) is 34.9 Å². The molecule has 3 aromatic rings. The highest BCUT2D eigenvalue weighted by Gasteiger charge is 2.16. The van der Waals surface area contributed by atoms with Gasteiger partial charge in [-0.2, -0.15) is 0 Å². The highest BCUT2D eigenvalue weighted by molar-refractivity contribution is 6.07. The number of anilines is 1. The first-order valence-corrected chi connectivity index (χ1v) is 6.83. The van der Waals surface area contributed by atoms with Gasteiger partial charge in [-0.3, -0.25) is 4.79 Å². The van der Waals surface area contributed by atoms with Crippen LogP contribution in [0.3, 0.4) is 0 Å². The maximum atomic E-state index is 13.0. The minimum Gasteiger partial charge on any atom is -0.361 e. The van der Waals surface area contributed by atoms with Gasteiger partial charge >= 0.3 is 0 Å². The summed E-state index contributed by atoms with van der Waals surface area (Å²) in [5.74, 6) is -0.400. The van der Waals surface area contributed by atoms with E-state index in [1.807, 2.05) is 31.3 Å². The summed E-state index contributed by atoms with van der Waals surface area (Å²) in [5.41, 5.74) is 2.31. The van der Waals surface area contributed by atoms with E-state index in [9.17, 15) is 9.18 Å². The molecule has 0 aliphatic carbocycles. The number of hydrogen-bond acceptors (Lipinski definition) is 1. The van der Waals surface area contributed by atoms with Gasteiger partial charge in [-0.05, 0) is 55.5 Å². The van der Waals surface area contributed by atoms with Gasteiger partial charge in [-0.1, -0.05) is 0 Å². The number of benzene rings is 2. The van der Waals surface area contributed by atoms with Crippen molar-refractivity contribution in [2.24, 2.45) is 0 Å². The maximum absolute atomic E-state index is 13.0. The summed E-state index contributed by atoms with van der Waals surface area (Å²) in [7, 11) is 0. The Bertz CT molecular complexity index is 777. The second-order valence-corrected chi connectivity index (χ2v) is 4.81. The van der Waals surface area contributed by atoms with Gasteiger partial charge in [-0.25, -0.2) is 4.39 Å². The molecule has 0 aliphatic rings. The lowest BCUT2D eigenvalue weighted by molar-refractivity contribution is 0.0988. The topological polar surface area (TPSA) is 36.1 Å². The molecule has 2 aromatic carbocycles. The van der Waals surface area contributed by atoms with Crippen molar-refractivity contribution in [2.75, 3.05) is 11.4 Å². The van der Waals surface area contributed by atoms with Crippen molar-refractivity contribution in [3.05, 3.63) is 66.1 Å². The molecule has 0 saturated heterocycles. The van der Waals surface area contributed by atoms with Crippen LogP contribution in [0.25, 0.3) is 10.9 Å². The molecule has 1 amide bonds. The number of aromatic nitrogens is 1. The molecule has 21 heavy (non-hydrogen) atoms. The lowest BCUT2D eigenvalue weighted by Gasteiger charge is -2.21. The molecule has 0 unspecified atom stereocenters. The summed E-state index contributed by atoms with van der Waals surface area (Å²) in [6.45, 7) is 2.42. The summed E-state index contributed by atoms with van der Waals surface area (Å²) in [5, 5.41) is 0.996. The molecule has 0 radical (unpaired) electrons. The fraction of sp³-hybridized carbons (Fsp3) is 0.118. The molecule has 0 bridgehead atoms. The van der Waals surface area contributed by atoms with Gasteiger partial charge in [0.1, 0.15) is 5.82 Å². The highest BCUT2D eigenvalue weighted by atomic mass is 19.1. The van der Waals surface area contributed by atoms with Gasteiger partial charge < -0.3 is 9.88 Å². The van der Waals surface area contributed by atoms with Crippen LogP contribution < -0.4 is 4.90 Å². The molecule has 0 saturated carbocycles. The molecular formula is C17H15FN2O. The molecule has 1 N–H and O–H groups in total. The Morgan fingerprint density at radius 3 is 2.62 bits per heavy atom. The number of halogens is 1. The van der Waals surface area contributed by atoms with Crippen LogP contribution in [0.4, 0.5) is 10.1 Å². The van der Waals surface area contributed by atoms with Gasteiger partial charge in [0.2, 0.25) is 0 Å². The van der Waals surface area contributed by atoms with Crippen LogP contribution in [0.2, 0.25) is 0 Å². The van der Waals surface area contributed by atoms with Crippen LogP contribution in [0, 0.1) is 5.82 Å². The first kappa shape index (κ1) is 13.4. The van der Waals surface area contributed by atoms with Crippen molar-refractivity contribution in [3.8, 4) is 0 Å². The zero-order chi connectivity index (χ0) is 14.8. The molecular weight excluding hydrogens is 267 g/mol. The van der Waals surface area contributed by atoms with E-state index >= 15 is 0 Å². The number of carbonyl (C=O) groups excluding carboxylic acids is 1. The number of carbonyl (C=O) groups is 1. The monoisotopic (exact) mass is 282 g/mol. The summed E-state index contributed by atoms with van der Waals surface area (Å²) in [6, 6.07) is 13.4. The molecule has 0 spiro atoms. The Morgan fingerprint density at radius 2 is 1.90 bits per heavy atom. The highest BCUT2D eigenvalue weighted by Crippen LogP contribution is 2.20. The van der Waals surface area contributed by atoms with E-state index in [0.717, 1.165) is 10.9 Å². The number of aromatic amines is 1. The van der Waals surface area contributed by atoms with Crippen molar-refractivity contribution in [1.29, 1.82) is 0 Å². The van der Waals surface area contributed by atoms with Gasteiger partial charge in [-0.15, -0.1) is 0 Å². The van der Waals surface area contributed by atoms with Crippen molar-refractivity contribution >= 4 is 22.5 Å². The van der Waals surface area contributed by atoms with E-state index in [0.29, 0.717) is 17.8 Å². The average molecular weight is 282 g/mol. The Balaban J connectivity index is 1.95. The van der Waals surface area contributed by atoms with Gasteiger partial charge in [0.05, 0.1) is 0 Å². The van der Waals surface area contributed by atoms with Crippen molar-refractivity contribution in [2.45, 2.75) is 6.92 Å². The van der Waals surface area contributed by atoms with E-state index in [1.165, 1.54) is 12.1 Å². The first-order chi connectivity index (χ1) is 10.2. The molecule has 0 aliphatic heterocycles. The number of nitrogens with one attached hydrogen (secondary N) is 1. The SMILES string of the molecule is CCN(C(=O)c1ccc2[nH]ccc2c1)c1ccc(F)cc1. The van der Waals surface area contributed by atoms with Crippen LogP contribution in [0.1, 0.15) is 17.3 Å². The number of hydrogen-bond donors (Lipinski definition) is 1. The van der Waals surface area contributed by atoms with E-state index < -0.39 is 0 Å². The predicted octanol–water partition coefficient (Wildman–Crippen LogP) is 3.97. The van der Waals surface area contributed by atoms with Crippen LogP contribution >= 0.6 is 0 Å². The Labute approximate surface area is 122 Å². The Hall–Kier alpha value is -2.62. The number of rotatable bonds is 3. The van der Waals surface area contributed by atoms with Crippen LogP contribution in [-0.2, 0) is 0 Å². The fourth-order valence-corrected chi connectivity index (χ4v) is 2.41. The minimum absolute atomic E-state index is 0.0905. The van der Waals surface area contributed by atoms with Crippen LogP contribution in [0.15, 0.2) is 54.7 Å². The van der Waals surface area contributed by atoms with Crippen molar-refractivity contribution < 1.29 is 9.18 Å². The molecule has 0 fully saturated rings. The van der Waals surface area contributed by atoms with E-state index in [2.05, 4.69) is 4.98 Å². The van der Waals surface area contributed by atoms with Crippen LogP contribution in [-0.4, -0.2) is 17.4 Å². The fourth-order valence-electron chi connectivity index (χ4n) is 2.41. The second kappa shape index (κ2) is 5.40. The molecule has 1 heterocycles. The number of nitrogens with zero attached hydrogens (tertiary/aromatic N) is 1. The normalized spacial score (nSPS) is 10.8. The third-order valence-corrected chi connectivity index (χ3v) is 3.50. The summed E-state index contributed by atoms with van der Waals surface area (Å²) < 4.78 is 13.0. The lowest BCUT2D eigenvalue weighted by Crippen LogP contribution is -2.30. The molecule has 3 nitrogen and oxygen atoms in total. The van der Waals surface area contributed by atoms with E-state index in [1.54, 1.807) is 23.1 Å². The standard InChI is InChI=1S/C17H15FN2O/c1-2-20(15-6-4-14(18)5-7-15)17(21)13-3-8-16-12(11-13)9-10-19-16/h3-11,19H,2H2,1H3. The van der Waals surface area contributed by atoms with E-state index in [4.69, 9.17) is 0 Å². The van der Waals surface area contributed by atoms with Gasteiger partial charge in [0.25, 0.3) is 5.91 Å². The van der Waals surface area contributed by atoms with Crippen molar-refractivity contribution in [3.63, 3.8) is 0 Å². The molecule has 3 rings (SSSR count). The maximum Gasteiger partial charge on any atom is 0.258 e.